The first-order valence-corrected chi connectivity index (χ1v) is 5.96. The van der Waals surface area contributed by atoms with Gasteiger partial charge in [0.2, 0.25) is 0 Å². The molecule has 1 aliphatic rings. The second-order valence-electron chi connectivity index (χ2n) is 5.73. The minimum absolute atomic E-state index is 0.172. The van der Waals surface area contributed by atoms with Crippen molar-refractivity contribution in [2.45, 2.75) is 65.3 Å². The predicted octanol–water partition coefficient (Wildman–Crippen LogP) is 1.99. The molecule has 0 aromatic carbocycles. The molecule has 0 aromatic heterocycles. The van der Waals surface area contributed by atoms with Gasteiger partial charge in [0.25, 0.3) is 0 Å². The molecule has 0 spiro atoms. The van der Waals surface area contributed by atoms with Crippen molar-refractivity contribution >= 4 is 6.09 Å². The summed E-state index contributed by atoms with van der Waals surface area (Å²) in [6.07, 6.45) is -0.208. The first kappa shape index (κ1) is 13.3. The molecule has 4 heteroatoms. The Labute approximate surface area is 98.3 Å². The van der Waals surface area contributed by atoms with Crippen LogP contribution in [0.5, 0.6) is 0 Å². The van der Waals surface area contributed by atoms with E-state index in [4.69, 9.17) is 4.74 Å². The highest BCUT2D eigenvalue weighted by molar-refractivity contribution is 5.68. The van der Waals surface area contributed by atoms with Crippen molar-refractivity contribution in [1.29, 1.82) is 0 Å². The standard InChI is InChI=1S/C12H24N2O2/c1-8-7-14(10(3)9(2)13-8)11(15)16-12(4,5)6/h8-10,13H,7H2,1-6H3/t8-,9+,10+/m1/s1. The normalized spacial score (nSPS) is 31.4. The number of carbonyl (C=O) groups is 1. The third-order valence-electron chi connectivity index (χ3n) is 2.86. The Kier molecular flexibility index (Phi) is 3.84. The van der Waals surface area contributed by atoms with Crippen molar-refractivity contribution in [1.82, 2.24) is 10.2 Å². The number of rotatable bonds is 0. The van der Waals surface area contributed by atoms with E-state index in [1.165, 1.54) is 0 Å². The predicted molar refractivity (Wildman–Crippen MR) is 64.5 cm³/mol. The van der Waals surface area contributed by atoms with Gasteiger partial charge in [0.15, 0.2) is 0 Å². The van der Waals surface area contributed by atoms with E-state index in [-0.39, 0.29) is 12.1 Å². The van der Waals surface area contributed by atoms with Gasteiger partial charge < -0.3 is 15.0 Å². The Balaban J connectivity index is 2.67. The van der Waals surface area contributed by atoms with Gasteiger partial charge in [-0.2, -0.15) is 0 Å². The first-order chi connectivity index (χ1) is 7.20. The third kappa shape index (κ3) is 3.37. The maximum absolute atomic E-state index is 12.0. The summed E-state index contributed by atoms with van der Waals surface area (Å²) in [4.78, 5) is 13.8. The minimum atomic E-state index is -0.422. The van der Waals surface area contributed by atoms with Crippen molar-refractivity contribution in [3.05, 3.63) is 0 Å². The maximum atomic E-state index is 12.0. The van der Waals surface area contributed by atoms with Gasteiger partial charge >= 0.3 is 6.09 Å². The number of hydrogen-bond acceptors (Lipinski definition) is 3. The van der Waals surface area contributed by atoms with E-state index in [1.807, 2.05) is 32.6 Å². The highest BCUT2D eigenvalue weighted by atomic mass is 16.6. The van der Waals surface area contributed by atoms with Crippen LogP contribution in [0.3, 0.4) is 0 Å². The molecule has 0 aromatic rings. The summed E-state index contributed by atoms with van der Waals surface area (Å²) in [5.41, 5.74) is -0.422. The van der Waals surface area contributed by atoms with Crippen LogP contribution in [0.4, 0.5) is 4.79 Å². The van der Waals surface area contributed by atoms with Crippen LogP contribution in [0.2, 0.25) is 0 Å². The monoisotopic (exact) mass is 228 g/mol. The Morgan fingerprint density at radius 1 is 1.31 bits per heavy atom. The summed E-state index contributed by atoms with van der Waals surface area (Å²) in [6, 6.07) is 0.793. The average molecular weight is 228 g/mol. The Hall–Kier alpha value is -0.770. The first-order valence-electron chi connectivity index (χ1n) is 5.96. The zero-order valence-corrected chi connectivity index (χ0v) is 11.2. The molecule has 1 aliphatic heterocycles. The Bertz CT molecular complexity index is 260. The van der Waals surface area contributed by atoms with Gasteiger partial charge in [-0.1, -0.05) is 0 Å². The molecule has 0 bridgehead atoms. The number of hydrogen-bond donors (Lipinski definition) is 1. The van der Waals surface area contributed by atoms with Gasteiger partial charge in [-0.15, -0.1) is 0 Å². The fourth-order valence-corrected chi connectivity index (χ4v) is 1.93. The lowest BCUT2D eigenvalue weighted by molar-refractivity contribution is 0.00456. The van der Waals surface area contributed by atoms with Gasteiger partial charge in [0.1, 0.15) is 5.60 Å². The second kappa shape index (κ2) is 4.62. The van der Waals surface area contributed by atoms with Crippen LogP contribution in [0.15, 0.2) is 0 Å². The molecule has 1 heterocycles. The summed E-state index contributed by atoms with van der Waals surface area (Å²) in [6.45, 7) is 12.6. The lowest BCUT2D eigenvalue weighted by Crippen LogP contribution is -2.61. The summed E-state index contributed by atoms with van der Waals surface area (Å²) in [5.74, 6) is 0. The number of ether oxygens (including phenoxy) is 1. The second-order valence-corrected chi connectivity index (χ2v) is 5.73. The van der Waals surface area contributed by atoms with Crippen molar-refractivity contribution in [2.24, 2.45) is 0 Å². The van der Waals surface area contributed by atoms with E-state index in [2.05, 4.69) is 19.2 Å². The number of amides is 1. The van der Waals surface area contributed by atoms with Crippen LogP contribution in [0, 0.1) is 0 Å². The van der Waals surface area contributed by atoms with Crippen LogP contribution in [-0.2, 0) is 4.74 Å². The van der Waals surface area contributed by atoms with Crippen molar-refractivity contribution in [3.8, 4) is 0 Å². The Morgan fingerprint density at radius 2 is 1.88 bits per heavy atom. The number of nitrogens with zero attached hydrogens (tertiary/aromatic N) is 1. The molecule has 1 N–H and O–H groups in total. The van der Waals surface area contributed by atoms with Crippen LogP contribution in [-0.4, -0.2) is 41.3 Å². The van der Waals surface area contributed by atoms with Crippen molar-refractivity contribution in [2.75, 3.05) is 6.54 Å². The molecule has 1 saturated heterocycles. The molecule has 0 saturated carbocycles. The van der Waals surface area contributed by atoms with Gasteiger partial charge in [0, 0.05) is 24.7 Å². The molecule has 4 nitrogen and oxygen atoms in total. The van der Waals surface area contributed by atoms with Crippen LogP contribution in [0.25, 0.3) is 0 Å². The number of piperazine rings is 1. The lowest BCUT2D eigenvalue weighted by Gasteiger charge is -2.42. The van der Waals surface area contributed by atoms with Crippen LogP contribution in [0.1, 0.15) is 41.5 Å². The van der Waals surface area contributed by atoms with E-state index in [0.29, 0.717) is 18.6 Å². The molecular weight excluding hydrogens is 204 g/mol. The van der Waals surface area contributed by atoms with Crippen LogP contribution >= 0.6 is 0 Å². The summed E-state index contributed by atoms with van der Waals surface area (Å²) < 4.78 is 5.40. The fourth-order valence-electron chi connectivity index (χ4n) is 1.93. The van der Waals surface area contributed by atoms with E-state index >= 15 is 0 Å². The summed E-state index contributed by atoms with van der Waals surface area (Å²) >= 11 is 0. The van der Waals surface area contributed by atoms with E-state index in [0.717, 1.165) is 0 Å². The number of nitrogens with one attached hydrogen (secondary N) is 1. The summed E-state index contributed by atoms with van der Waals surface area (Å²) in [5, 5.41) is 3.43. The zero-order valence-electron chi connectivity index (χ0n) is 11.2. The maximum Gasteiger partial charge on any atom is 0.410 e. The van der Waals surface area contributed by atoms with E-state index in [1.54, 1.807) is 0 Å². The van der Waals surface area contributed by atoms with Gasteiger partial charge in [0.05, 0.1) is 0 Å². The zero-order chi connectivity index (χ0) is 12.5. The lowest BCUT2D eigenvalue weighted by atomic mass is 10.0. The highest BCUT2D eigenvalue weighted by Gasteiger charge is 2.33. The average Bonchev–Trinajstić information content (AvgIpc) is 2.08. The van der Waals surface area contributed by atoms with Gasteiger partial charge in [-0.3, -0.25) is 0 Å². The molecule has 0 unspecified atom stereocenters. The molecule has 1 fully saturated rings. The smallest absolute Gasteiger partial charge is 0.410 e. The molecule has 0 radical (unpaired) electrons. The topological polar surface area (TPSA) is 41.6 Å². The van der Waals surface area contributed by atoms with Crippen molar-refractivity contribution in [3.63, 3.8) is 0 Å². The van der Waals surface area contributed by atoms with E-state index in [9.17, 15) is 4.79 Å². The molecular formula is C12H24N2O2. The quantitative estimate of drug-likeness (QED) is 0.689. The largest absolute Gasteiger partial charge is 0.444 e. The van der Waals surface area contributed by atoms with Gasteiger partial charge in [-0.25, -0.2) is 4.79 Å². The molecule has 94 valence electrons. The summed E-state index contributed by atoms with van der Waals surface area (Å²) in [7, 11) is 0. The van der Waals surface area contributed by atoms with E-state index < -0.39 is 5.60 Å². The van der Waals surface area contributed by atoms with Gasteiger partial charge in [-0.05, 0) is 41.5 Å². The number of carbonyl (C=O) groups excluding carboxylic acids is 1. The molecule has 1 rings (SSSR count). The Morgan fingerprint density at radius 3 is 2.38 bits per heavy atom. The third-order valence-corrected chi connectivity index (χ3v) is 2.86. The minimum Gasteiger partial charge on any atom is -0.444 e. The molecule has 0 aliphatic carbocycles. The molecule has 3 atom stereocenters. The fraction of sp³-hybridized carbons (Fsp3) is 0.917. The molecule has 16 heavy (non-hydrogen) atoms. The highest BCUT2D eigenvalue weighted by Crippen LogP contribution is 2.17. The molecule has 1 amide bonds. The SMILES string of the molecule is C[C@@H]1CN(C(=O)OC(C)(C)C)[C@@H](C)[C@H](C)N1. The van der Waals surface area contributed by atoms with Crippen molar-refractivity contribution < 1.29 is 9.53 Å². The van der Waals surface area contributed by atoms with Crippen LogP contribution < -0.4 is 5.32 Å².